The van der Waals surface area contributed by atoms with Crippen molar-refractivity contribution >= 4 is 11.9 Å². The summed E-state index contributed by atoms with van der Waals surface area (Å²) >= 11 is 0. The third-order valence-corrected chi connectivity index (χ3v) is 3.57. The molecule has 0 atom stereocenters. The molecule has 0 radical (unpaired) electrons. The molecule has 0 aliphatic carbocycles. The van der Waals surface area contributed by atoms with Gasteiger partial charge in [-0.2, -0.15) is 0 Å². The van der Waals surface area contributed by atoms with Crippen LogP contribution < -0.4 is 9.47 Å². The van der Waals surface area contributed by atoms with Gasteiger partial charge in [0, 0.05) is 12.8 Å². The minimum absolute atomic E-state index is 0.0334. The second kappa shape index (κ2) is 13.9. The van der Waals surface area contributed by atoms with E-state index in [4.69, 9.17) is 24.4 Å². The Bertz CT molecular complexity index is 513. The van der Waals surface area contributed by atoms with Crippen LogP contribution in [0.4, 0.5) is 0 Å². The van der Waals surface area contributed by atoms with Crippen molar-refractivity contribution in [3.05, 3.63) is 24.3 Å². The Morgan fingerprint density at radius 2 is 1.31 bits per heavy atom. The number of aliphatic hydroxyl groups excluding tert-OH is 1. The molecule has 26 heavy (non-hydrogen) atoms. The summed E-state index contributed by atoms with van der Waals surface area (Å²) < 4.78 is 15.8. The molecule has 7 nitrogen and oxygen atoms in total. The zero-order valence-electron chi connectivity index (χ0n) is 15.0. The summed E-state index contributed by atoms with van der Waals surface area (Å²) in [6, 6.07) is 6.98. The first-order valence-electron chi connectivity index (χ1n) is 8.95. The van der Waals surface area contributed by atoms with Crippen molar-refractivity contribution in [3.63, 3.8) is 0 Å². The van der Waals surface area contributed by atoms with Crippen LogP contribution in [0.3, 0.4) is 0 Å². The zero-order chi connectivity index (χ0) is 19.0. The van der Waals surface area contributed by atoms with Crippen LogP contribution in [0.25, 0.3) is 0 Å². The Labute approximate surface area is 153 Å². The van der Waals surface area contributed by atoms with Crippen molar-refractivity contribution in [2.45, 2.75) is 44.9 Å². The molecule has 0 saturated carbocycles. The maximum Gasteiger partial charge on any atom is 0.305 e. The minimum atomic E-state index is -0.762. The van der Waals surface area contributed by atoms with Crippen LogP contribution in [-0.2, 0) is 14.3 Å². The van der Waals surface area contributed by atoms with Gasteiger partial charge in [0.15, 0.2) is 0 Å². The smallest absolute Gasteiger partial charge is 0.305 e. The number of hydrogen-bond donors (Lipinski definition) is 2. The van der Waals surface area contributed by atoms with Crippen molar-refractivity contribution in [3.8, 4) is 11.5 Å². The van der Waals surface area contributed by atoms with Gasteiger partial charge < -0.3 is 24.4 Å². The number of unbranched alkanes of at least 4 members (excludes halogenated alkanes) is 4. The van der Waals surface area contributed by atoms with Crippen LogP contribution in [0.1, 0.15) is 44.9 Å². The Morgan fingerprint density at radius 3 is 1.88 bits per heavy atom. The van der Waals surface area contributed by atoms with E-state index in [-0.39, 0.29) is 38.8 Å². The zero-order valence-corrected chi connectivity index (χ0v) is 15.0. The summed E-state index contributed by atoms with van der Waals surface area (Å²) in [5.74, 6) is 0.299. The molecule has 1 rings (SSSR count). The summed E-state index contributed by atoms with van der Waals surface area (Å²) in [6.45, 7) is 0.685. The summed E-state index contributed by atoms with van der Waals surface area (Å²) in [5, 5.41) is 17.2. The molecule has 1 aromatic rings. The van der Waals surface area contributed by atoms with Crippen LogP contribution >= 0.6 is 0 Å². The predicted molar refractivity (Wildman–Crippen MR) is 95.4 cm³/mol. The fourth-order valence-electron chi connectivity index (χ4n) is 2.26. The quantitative estimate of drug-likeness (QED) is 0.362. The largest absolute Gasteiger partial charge is 0.491 e. The molecular formula is C19H28O7. The third kappa shape index (κ3) is 11.3. The molecule has 2 N–H and O–H groups in total. The molecule has 1 aromatic carbocycles. The first-order valence-corrected chi connectivity index (χ1v) is 8.95. The van der Waals surface area contributed by atoms with Gasteiger partial charge in [-0.1, -0.05) is 19.3 Å². The number of aliphatic hydroxyl groups is 1. The maximum absolute atomic E-state index is 11.6. The average molecular weight is 368 g/mol. The highest BCUT2D eigenvalue weighted by Crippen LogP contribution is 2.17. The Kier molecular flexibility index (Phi) is 11.7. The third-order valence-electron chi connectivity index (χ3n) is 3.57. The topological polar surface area (TPSA) is 102 Å². The van der Waals surface area contributed by atoms with E-state index in [2.05, 4.69) is 0 Å². The lowest BCUT2D eigenvalue weighted by Crippen LogP contribution is -2.12. The first kappa shape index (κ1) is 21.8. The van der Waals surface area contributed by atoms with Gasteiger partial charge in [-0.15, -0.1) is 0 Å². The number of carbonyl (C=O) groups excluding carboxylic acids is 1. The molecule has 0 fully saturated rings. The fourth-order valence-corrected chi connectivity index (χ4v) is 2.26. The van der Waals surface area contributed by atoms with Crippen molar-refractivity contribution in [2.75, 3.05) is 26.4 Å². The molecule has 7 heteroatoms. The van der Waals surface area contributed by atoms with E-state index in [0.29, 0.717) is 24.3 Å². The molecule has 146 valence electrons. The van der Waals surface area contributed by atoms with E-state index in [1.54, 1.807) is 24.3 Å². The molecule has 0 heterocycles. The lowest BCUT2D eigenvalue weighted by Gasteiger charge is -2.09. The van der Waals surface area contributed by atoms with Crippen LogP contribution in [0.2, 0.25) is 0 Å². The Morgan fingerprint density at radius 1 is 0.769 bits per heavy atom. The number of aliphatic carboxylic acids is 1. The van der Waals surface area contributed by atoms with E-state index >= 15 is 0 Å². The molecule has 0 saturated heterocycles. The summed E-state index contributed by atoms with van der Waals surface area (Å²) in [7, 11) is 0. The minimum Gasteiger partial charge on any atom is -0.491 e. The fraction of sp³-hybridized carbons (Fsp3) is 0.579. The van der Waals surface area contributed by atoms with Gasteiger partial charge in [0.25, 0.3) is 0 Å². The molecule has 0 aliphatic heterocycles. The number of carboxylic acid groups (broad SMARTS) is 1. The summed E-state index contributed by atoms with van der Waals surface area (Å²) in [4.78, 5) is 21.9. The molecule has 0 aliphatic rings. The molecule has 0 unspecified atom stereocenters. The Hall–Kier alpha value is -2.28. The van der Waals surface area contributed by atoms with Crippen LogP contribution in [-0.4, -0.2) is 48.6 Å². The number of carbonyl (C=O) groups is 2. The van der Waals surface area contributed by atoms with Crippen molar-refractivity contribution in [1.29, 1.82) is 0 Å². The second-order valence-corrected chi connectivity index (χ2v) is 5.77. The van der Waals surface area contributed by atoms with Gasteiger partial charge in [0.05, 0.1) is 6.61 Å². The molecule has 0 bridgehead atoms. The van der Waals surface area contributed by atoms with E-state index < -0.39 is 5.97 Å². The molecule has 0 spiro atoms. The number of carboxylic acids is 1. The highest BCUT2D eigenvalue weighted by atomic mass is 16.6. The molecule has 0 aromatic heterocycles. The van der Waals surface area contributed by atoms with Gasteiger partial charge in [0.2, 0.25) is 0 Å². The molecular weight excluding hydrogens is 340 g/mol. The molecule has 0 amide bonds. The van der Waals surface area contributed by atoms with Crippen LogP contribution in [0, 0.1) is 0 Å². The van der Waals surface area contributed by atoms with Crippen molar-refractivity contribution in [1.82, 2.24) is 0 Å². The lowest BCUT2D eigenvalue weighted by molar-refractivity contribution is -0.144. The highest BCUT2D eigenvalue weighted by molar-refractivity contribution is 5.69. The first-order chi connectivity index (χ1) is 12.6. The normalized spacial score (nSPS) is 10.3. The van der Waals surface area contributed by atoms with Crippen LogP contribution in [0.5, 0.6) is 11.5 Å². The SMILES string of the molecule is O=C(O)CCCCCCCC(=O)OCCOc1ccc(OCCO)cc1. The van der Waals surface area contributed by atoms with E-state index in [1.807, 2.05) is 0 Å². The standard InChI is InChI=1S/C19H28O7/c20-12-13-24-16-8-10-17(11-9-16)25-14-15-26-19(23)7-5-3-1-2-4-6-18(21)22/h8-11,20H,1-7,12-15H2,(H,21,22). The van der Waals surface area contributed by atoms with Crippen LogP contribution in [0.15, 0.2) is 24.3 Å². The number of benzene rings is 1. The maximum atomic E-state index is 11.6. The number of rotatable bonds is 15. The highest BCUT2D eigenvalue weighted by Gasteiger charge is 2.03. The van der Waals surface area contributed by atoms with Gasteiger partial charge in [-0.05, 0) is 37.1 Å². The van der Waals surface area contributed by atoms with Gasteiger partial charge in [-0.3, -0.25) is 9.59 Å². The number of ether oxygens (including phenoxy) is 3. The van der Waals surface area contributed by atoms with Gasteiger partial charge in [0.1, 0.15) is 31.3 Å². The van der Waals surface area contributed by atoms with Crippen molar-refractivity contribution in [2.24, 2.45) is 0 Å². The van der Waals surface area contributed by atoms with Gasteiger partial charge in [-0.25, -0.2) is 0 Å². The van der Waals surface area contributed by atoms with E-state index in [1.165, 1.54) is 0 Å². The average Bonchev–Trinajstić information content (AvgIpc) is 2.63. The van der Waals surface area contributed by atoms with Gasteiger partial charge >= 0.3 is 11.9 Å². The number of esters is 1. The summed E-state index contributed by atoms with van der Waals surface area (Å²) in [6.07, 6.45) is 4.72. The monoisotopic (exact) mass is 368 g/mol. The van der Waals surface area contributed by atoms with E-state index in [9.17, 15) is 9.59 Å². The second-order valence-electron chi connectivity index (χ2n) is 5.77. The van der Waals surface area contributed by atoms with E-state index in [0.717, 1.165) is 25.7 Å². The van der Waals surface area contributed by atoms with Crippen molar-refractivity contribution < 1.29 is 34.0 Å². The lowest BCUT2D eigenvalue weighted by atomic mass is 10.1. The predicted octanol–water partition coefficient (Wildman–Crippen LogP) is 2.80. The number of hydrogen-bond acceptors (Lipinski definition) is 6. The Balaban J connectivity index is 2.00. The summed E-state index contributed by atoms with van der Waals surface area (Å²) in [5.41, 5.74) is 0.